The molecule has 0 radical (unpaired) electrons. The molecule has 1 unspecified atom stereocenters. The van der Waals surface area contributed by atoms with Gasteiger partial charge in [0.25, 0.3) is 5.91 Å². The molecule has 0 saturated heterocycles. The van der Waals surface area contributed by atoms with Crippen molar-refractivity contribution in [1.29, 1.82) is 0 Å². The second kappa shape index (κ2) is 10.3. The van der Waals surface area contributed by atoms with Gasteiger partial charge in [-0.15, -0.1) is 28.5 Å². The van der Waals surface area contributed by atoms with Crippen LogP contribution < -0.4 is 15.8 Å². The average molecular weight is 487 g/mol. The molecule has 3 N–H and O–H groups in total. The van der Waals surface area contributed by atoms with Crippen LogP contribution >= 0.6 is 11.3 Å². The van der Waals surface area contributed by atoms with Crippen molar-refractivity contribution >= 4 is 28.3 Å². The molecule has 2 heterocycles. The summed E-state index contributed by atoms with van der Waals surface area (Å²) in [4.78, 5) is 23.1. The molecule has 0 spiro atoms. The zero-order chi connectivity index (χ0) is 24.0. The second-order valence-corrected chi connectivity index (χ2v) is 7.81. The monoisotopic (exact) mass is 487 g/mol. The average Bonchev–Trinajstić information content (AvgIpc) is 3.35. The summed E-state index contributed by atoms with van der Waals surface area (Å²) in [5.41, 5.74) is 5.31. The van der Waals surface area contributed by atoms with Gasteiger partial charge in [0.15, 0.2) is 5.69 Å². The Bertz CT molecular complexity index is 1120. The number of benzene rings is 1. The summed E-state index contributed by atoms with van der Waals surface area (Å²) in [6, 6.07) is 5.07. The molecule has 3 rings (SSSR count). The third-order valence-electron chi connectivity index (χ3n) is 4.06. The number of aromatic nitrogens is 5. The summed E-state index contributed by atoms with van der Waals surface area (Å²) >= 11 is 1.05. The number of ether oxygens (including phenoxy) is 1. The van der Waals surface area contributed by atoms with Gasteiger partial charge in [-0.2, -0.15) is 0 Å². The first-order valence-corrected chi connectivity index (χ1v) is 10.2. The molecule has 0 fully saturated rings. The molecule has 2 amide bonds. The lowest BCUT2D eigenvalue weighted by Crippen LogP contribution is -2.17. The van der Waals surface area contributed by atoms with E-state index in [4.69, 9.17) is 5.73 Å². The van der Waals surface area contributed by atoms with E-state index < -0.39 is 30.1 Å². The first kappa shape index (κ1) is 24.0. The van der Waals surface area contributed by atoms with Gasteiger partial charge in [0, 0.05) is 6.42 Å². The Labute approximate surface area is 187 Å². The van der Waals surface area contributed by atoms with Gasteiger partial charge in [-0.1, -0.05) is 28.7 Å². The van der Waals surface area contributed by atoms with E-state index in [9.17, 15) is 27.2 Å². The van der Waals surface area contributed by atoms with Crippen LogP contribution in [-0.2, 0) is 24.2 Å². The molecule has 0 saturated carbocycles. The number of carbonyl (C=O) groups excluding carboxylic acids is 2. The Morgan fingerprint density at radius 2 is 2.03 bits per heavy atom. The number of nitrogens with two attached hydrogens (primary N) is 1. The zero-order valence-electron chi connectivity index (χ0n) is 16.8. The minimum Gasteiger partial charge on any atom is -0.406 e. The summed E-state index contributed by atoms with van der Waals surface area (Å²) in [6.07, 6.45) is -4.77. The number of aryl methyl sites for hydroxylation is 1. The fourth-order valence-electron chi connectivity index (χ4n) is 2.68. The van der Waals surface area contributed by atoms with E-state index in [1.165, 1.54) is 23.0 Å². The van der Waals surface area contributed by atoms with Crippen molar-refractivity contribution in [3.8, 4) is 5.75 Å². The molecular formula is C18H17F4N7O3S. The van der Waals surface area contributed by atoms with Crippen LogP contribution in [0.3, 0.4) is 0 Å². The third kappa shape index (κ3) is 7.78. The van der Waals surface area contributed by atoms with Crippen molar-refractivity contribution in [3.05, 3.63) is 46.7 Å². The van der Waals surface area contributed by atoms with E-state index in [2.05, 4.69) is 30.6 Å². The molecule has 33 heavy (non-hydrogen) atoms. The van der Waals surface area contributed by atoms with Gasteiger partial charge < -0.3 is 15.8 Å². The van der Waals surface area contributed by atoms with Gasteiger partial charge in [-0.05, 0) is 24.1 Å². The number of halogens is 4. The van der Waals surface area contributed by atoms with Crippen LogP contribution in [0.4, 0.5) is 22.7 Å². The fraction of sp³-hybridized carbons (Fsp3) is 0.333. The first-order valence-electron chi connectivity index (χ1n) is 9.38. The Balaban J connectivity index is 1.46. The van der Waals surface area contributed by atoms with Crippen molar-refractivity contribution in [2.24, 2.45) is 5.73 Å². The topological polar surface area (TPSA) is 138 Å². The molecule has 0 bridgehead atoms. The van der Waals surface area contributed by atoms with Gasteiger partial charge in [0.2, 0.25) is 11.0 Å². The lowest BCUT2D eigenvalue weighted by Gasteiger charge is -2.09. The predicted molar refractivity (Wildman–Crippen MR) is 107 cm³/mol. The first-order chi connectivity index (χ1) is 15.6. The number of hydrogen-bond donors (Lipinski definition) is 2. The van der Waals surface area contributed by atoms with Gasteiger partial charge in [-0.25, -0.2) is 9.07 Å². The SMILES string of the molecule is NC(=O)c1cn(CC(F)CCc2nnc(NC(=O)Cc3cccc(OC(F)(F)F)c3)s2)nn1. The standard InChI is InChI=1S/C18H17F4N7O3S/c19-11(8-29-9-13(16(23)31)25-28-29)4-5-15-26-27-17(33-15)24-14(30)7-10-2-1-3-12(6-10)32-18(20,21)22/h1-3,6,9,11H,4-5,7-8H2,(H2,23,31)(H,24,27,30). The maximum Gasteiger partial charge on any atom is 0.573 e. The van der Waals surface area contributed by atoms with E-state index >= 15 is 0 Å². The highest BCUT2D eigenvalue weighted by Crippen LogP contribution is 2.24. The molecular weight excluding hydrogens is 470 g/mol. The number of amides is 2. The molecule has 3 aromatic rings. The number of hydrogen-bond acceptors (Lipinski definition) is 8. The number of carbonyl (C=O) groups is 2. The quantitative estimate of drug-likeness (QED) is 0.419. The molecule has 176 valence electrons. The highest BCUT2D eigenvalue weighted by Gasteiger charge is 2.31. The van der Waals surface area contributed by atoms with Gasteiger partial charge in [-0.3, -0.25) is 9.59 Å². The smallest absolute Gasteiger partial charge is 0.406 e. The van der Waals surface area contributed by atoms with Crippen LogP contribution in [0.5, 0.6) is 5.75 Å². The molecule has 1 aromatic carbocycles. The Hall–Kier alpha value is -3.62. The van der Waals surface area contributed by atoms with Crippen LogP contribution in [0.1, 0.15) is 27.5 Å². The highest BCUT2D eigenvalue weighted by atomic mass is 32.1. The van der Waals surface area contributed by atoms with E-state index in [0.717, 1.165) is 23.5 Å². The molecule has 0 aliphatic heterocycles. The van der Waals surface area contributed by atoms with Gasteiger partial charge >= 0.3 is 6.36 Å². The third-order valence-corrected chi connectivity index (χ3v) is 4.96. The van der Waals surface area contributed by atoms with Crippen LogP contribution in [0.2, 0.25) is 0 Å². The number of rotatable bonds is 10. The summed E-state index contributed by atoms with van der Waals surface area (Å²) in [6.45, 7) is -0.125. The van der Waals surface area contributed by atoms with Crippen molar-refractivity contribution < 1.29 is 31.9 Å². The maximum absolute atomic E-state index is 14.2. The largest absolute Gasteiger partial charge is 0.573 e. The minimum atomic E-state index is -4.83. The van der Waals surface area contributed by atoms with E-state index in [-0.39, 0.29) is 36.6 Å². The minimum absolute atomic E-state index is 0.0636. The van der Waals surface area contributed by atoms with Crippen molar-refractivity contribution in [2.75, 3.05) is 5.32 Å². The molecule has 15 heteroatoms. The summed E-state index contributed by atoms with van der Waals surface area (Å²) < 4.78 is 56.1. The second-order valence-electron chi connectivity index (χ2n) is 6.75. The van der Waals surface area contributed by atoms with Crippen molar-refractivity contribution in [3.63, 3.8) is 0 Å². The molecule has 1 atom stereocenters. The van der Waals surface area contributed by atoms with E-state index in [1.807, 2.05) is 0 Å². The maximum atomic E-state index is 14.2. The van der Waals surface area contributed by atoms with Crippen LogP contribution in [0, 0.1) is 0 Å². The number of anilines is 1. The Morgan fingerprint density at radius 3 is 2.73 bits per heavy atom. The van der Waals surface area contributed by atoms with Gasteiger partial charge in [0.05, 0.1) is 19.2 Å². The summed E-state index contributed by atoms with van der Waals surface area (Å²) in [5, 5.41) is 18.0. The van der Waals surface area contributed by atoms with Crippen LogP contribution in [0.25, 0.3) is 0 Å². The van der Waals surface area contributed by atoms with Gasteiger partial charge in [0.1, 0.15) is 16.9 Å². The Morgan fingerprint density at radius 1 is 1.24 bits per heavy atom. The number of nitrogens with zero attached hydrogens (tertiary/aromatic N) is 5. The summed E-state index contributed by atoms with van der Waals surface area (Å²) in [5.74, 6) is -1.70. The van der Waals surface area contributed by atoms with E-state index in [0.29, 0.717) is 10.6 Å². The number of primary amides is 1. The normalized spacial score (nSPS) is 12.4. The summed E-state index contributed by atoms with van der Waals surface area (Å²) in [7, 11) is 0. The van der Waals surface area contributed by atoms with Crippen LogP contribution in [0.15, 0.2) is 30.5 Å². The molecule has 0 aliphatic rings. The van der Waals surface area contributed by atoms with E-state index in [1.54, 1.807) is 0 Å². The molecule has 0 aliphatic carbocycles. The Kier molecular flexibility index (Phi) is 7.52. The molecule has 2 aromatic heterocycles. The lowest BCUT2D eigenvalue weighted by atomic mass is 10.1. The zero-order valence-corrected chi connectivity index (χ0v) is 17.6. The molecule has 10 nitrogen and oxygen atoms in total. The lowest BCUT2D eigenvalue weighted by molar-refractivity contribution is -0.274. The predicted octanol–water partition coefficient (Wildman–Crippen LogP) is 2.28. The van der Waals surface area contributed by atoms with Crippen molar-refractivity contribution in [2.45, 2.75) is 38.3 Å². The number of alkyl halides is 4. The number of nitrogens with one attached hydrogen (secondary N) is 1. The fourth-order valence-corrected chi connectivity index (χ4v) is 3.45. The van der Waals surface area contributed by atoms with Crippen LogP contribution in [-0.4, -0.2) is 49.5 Å². The highest BCUT2D eigenvalue weighted by molar-refractivity contribution is 7.15. The van der Waals surface area contributed by atoms with Crippen molar-refractivity contribution in [1.82, 2.24) is 25.2 Å².